The number of aromatic nitrogens is 6. The number of rotatable bonds is 9. The fraction of sp³-hybridized carbons (Fsp3) is 0.381. The Kier molecular flexibility index (Phi) is 6.52. The van der Waals surface area contributed by atoms with E-state index in [0.717, 1.165) is 23.7 Å². The predicted octanol–water partition coefficient (Wildman–Crippen LogP) is 3.88. The van der Waals surface area contributed by atoms with Crippen molar-refractivity contribution in [2.24, 2.45) is 0 Å². The van der Waals surface area contributed by atoms with Gasteiger partial charge >= 0.3 is 6.18 Å². The third-order valence-corrected chi connectivity index (χ3v) is 5.11. The lowest BCUT2D eigenvalue weighted by Crippen LogP contribution is -2.20. The monoisotopic (exact) mass is 474 g/mol. The van der Waals surface area contributed by atoms with Crippen LogP contribution in [0.1, 0.15) is 65.2 Å². The predicted molar refractivity (Wildman–Crippen MR) is 115 cm³/mol. The molecule has 0 aromatic carbocycles. The minimum Gasteiger partial charge on any atom is -0.336 e. The molecule has 2 N–H and O–H groups in total. The highest BCUT2D eigenvalue weighted by molar-refractivity contribution is 6.10. The number of nitrogens with zero attached hydrogens (tertiary/aromatic N) is 6. The summed E-state index contributed by atoms with van der Waals surface area (Å²) >= 11 is 0. The molecule has 13 heteroatoms. The number of aryl methyl sites for hydroxylation is 1. The first-order valence-electron chi connectivity index (χ1n) is 10.6. The average molecular weight is 474 g/mol. The molecule has 3 heterocycles. The van der Waals surface area contributed by atoms with Crippen LogP contribution in [0.5, 0.6) is 0 Å². The summed E-state index contributed by atoms with van der Waals surface area (Å²) in [4.78, 5) is 42.3. The highest BCUT2D eigenvalue weighted by Crippen LogP contribution is 2.39. The summed E-state index contributed by atoms with van der Waals surface area (Å²) in [6.45, 7) is 1.03. The van der Waals surface area contributed by atoms with Crippen LogP contribution >= 0.6 is 0 Å². The molecule has 4 rings (SSSR count). The van der Waals surface area contributed by atoms with E-state index in [0.29, 0.717) is 11.4 Å². The Labute approximate surface area is 192 Å². The van der Waals surface area contributed by atoms with Gasteiger partial charge in [0.1, 0.15) is 12.0 Å². The summed E-state index contributed by atoms with van der Waals surface area (Å²) in [6.07, 6.45) is 3.42. The van der Waals surface area contributed by atoms with Crippen molar-refractivity contribution < 1.29 is 22.8 Å². The Bertz CT molecular complexity index is 1190. The number of carbonyl (C=O) groups is 2. The molecule has 1 saturated carbocycles. The summed E-state index contributed by atoms with van der Waals surface area (Å²) in [7, 11) is 0. The Balaban J connectivity index is 1.63. The second-order valence-electron chi connectivity index (χ2n) is 7.74. The van der Waals surface area contributed by atoms with Gasteiger partial charge in [-0.2, -0.15) is 18.3 Å². The van der Waals surface area contributed by atoms with E-state index in [1.165, 1.54) is 18.7 Å². The molecule has 10 nitrogen and oxygen atoms in total. The number of hydrogen-bond donors (Lipinski definition) is 2. The third-order valence-electron chi connectivity index (χ3n) is 5.11. The SMILES string of the molecule is CCC(=O)c1c(NC(=O)c2nc(C3CC3)cnc2Nc2cncnc2)cnn1CCC(F)(F)F. The van der Waals surface area contributed by atoms with Gasteiger partial charge in [0.25, 0.3) is 5.91 Å². The zero-order chi connectivity index (χ0) is 24.3. The van der Waals surface area contributed by atoms with Gasteiger partial charge in [-0.1, -0.05) is 6.92 Å². The second-order valence-corrected chi connectivity index (χ2v) is 7.74. The summed E-state index contributed by atoms with van der Waals surface area (Å²) in [5, 5.41) is 9.41. The van der Waals surface area contributed by atoms with E-state index in [9.17, 15) is 22.8 Å². The molecule has 178 valence electrons. The number of amides is 1. The van der Waals surface area contributed by atoms with E-state index in [-0.39, 0.29) is 35.2 Å². The van der Waals surface area contributed by atoms with Crippen molar-refractivity contribution in [3.05, 3.63) is 48.2 Å². The highest BCUT2D eigenvalue weighted by Gasteiger charge is 2.30. The van der Waals surface area contributed by atoms with E-state index >= 15 is 0 Å². The lowest BCUT2D eigenvalue weighted by atomic mass is 10.2. The smallest absolute Gasteiger partial charge is 0.336 e. The van der Waals surface area contributed by atoms with Crippen LogP contribution in [0.4, 0.5) is 30.4 Å². The number of Topliss-reactive ketones (excluding diaryl/α,β-unsaturated/α-hetero) is 1. The maximum absolute atomic E-state index is 13.2. The Hall–Kier alpha value is -3.90. The molecule has 0 bridgehead atoms. The Morgan fingerprint density at radius 1 is 1.15 bits per heavy atom. The number of nitrogens with one attached hydrogen (secondary N) is 2. The van der Waals surface area contributed by atoms with Crippen molar-refractivity contribution >= 4 is 28.9 Å². The van der Waals surface area contributed by atoms with Crippen LogP contribution in [-0.2, 0) is 6.54 Å². The van der Waals surface area contributed by atoms with Crippen molar-refractivity contribution in [1.29, 1.82) is 0 Å². The molecule has 1 amide bonds. The van der Waals surface area contributed by atoms with Crippen LogP contribution in [0.2, 0.25) is 0 Å². The van der Waals surface area contributed by atoms with Crippen LogP contribution in [0.3, 0.4) is 0 Å². The largest absolute Gasteiger partial charge is 0.390 e. The zero-order valence-electron chi connectivity index (χ0n) is 18.1. The van der Waals surface area contributed by atoms with Gasteiger partial charge in [-0.15, -0.1) is 0 Å². The minimum absolute atomic E-state index is 0.00615. The van der Waals surface area contributed by atoms with Gasteiger partial charge in [0.15, 0.2) is 17.3 Å². The van der Waals surface area contributed by atoms with Crippen LogP contribution in [-0.4, -0.2) is 47.6 Å². The fourth-order valence-corrected chi connectivity index (χ4v) is 3.25. The molecule has 3 aromatic heterocycles. The van der Waals surface area contributed by atoms with Gasteiger partial charge in [-0.3, -0.25) is 14.3 Å². The van der Waals surface area contributed by atoms with Crippen LogP contribution in [0.15, 0.2) is 31.1 Å². The molecular formula is C21H21F3N8O2. The molecule has 0 saturated heterocycles. The topological polar surface area (TPSA) is 128 Å². The quantitative estimate of drug-likeness (QED) is 0.447. The molecule has 0 aliphatic heterocycles. The average Bonchev–Trinajstić information content (AvgIpc) is 3.59. The molecular weight excluding hydrogens is 453 g/mol. The number of carbonyl (C=O) groups excluding carboxylic acids is 2. The molecule has 0 radical (unpaired) electrons. The van der Waals surface area contributed by atoms with Crippen molar-refractivity contribution in [2.75, 3.05) is 10.6 Å². The van der Waals surface area contributed by atoms with Crippen molar-refractivity contribution in [2.45, 2.75) is 51.2 Å². The lowest BCUT2D eigenvalue weighted by Gasteiger charge is -2.13. The molecule has 34 heavy (non-hydrogen) atoms. The van der Waals surface area contributed by atoms with Gasteiger partial charge in [0.05, 0.1) is 54.8 Å². The van der Waals surface area contributed by atoms with Crippen molar-refractivity contribution in [3.63, 3.8) is 0 Å². The summed E-state index contributed by atoms with van der Waals surface area (Å²) < 4.78 is 39.1. The van der Waals surface area contributed by atoms with Crippen LogP contribution in [0.25, 0.3) is 0 Å². The minimum atomic E-state index is -4.41. The van der Waals surface area contributed by atoms with E-state index < -0.39 is 30.8 Å². The lowest BCUT2D eigenvalue weighted by molar-refractivity contribution is -0.137. The third kappa shape index (κ3) is 5.53. The summed E-state index contributed by atoms with van der Waals surface area (Å²) in [5.41, 5.74) is 1.01. The summed E-state index contributed by atoms with van der Waals surface area (Å²) in [6, 6.07) is 0. The number of halogens is 3. The Morgan fingerprint density at radius 2 is 1.88 bits per heavy atom. The highest BCUT2D eigenvalue weighted by atomic mass is 19.4. The first kappa shape index (κ1) is 23.3. The van der Waals surface area contributed by atoms with Gasteiger partial charge in [-0.25, -0.2) is 19.9 Å². The number of hydrogen-bond acceptors (Lipinski definition) is 8. The molecule has 0 unspecified atom stereocenters. The first-order chi connectivity index (χ1) is 16.2. The standard InChI is InChI=1S/C21H21F3N8O2/c1-2-16(33)18-15(10-28-32(18)6-5-21(22,23)24)31-20(34)17-19(29-13-7-25-11-26-8-13)27-9-14(30-17)12-3-4-12/h7-12H,2-6H2,1H3,(H,27,29)(H,31,34). The van der Waals surface area contributed by atoms with Gasteiger partial charge < -0.3 is 10.6 Å². The number of ketones is 1. The number of alkyl halides is 3. The normalized spacial score (nSPS) is 13.5. The molecule has 1 fully saturated rings. The molecule has 0 atom stereocenters. The van der Waals surface area contributed by atoms with E-state index in [1.807, 2.05) is 0 Å². The molecule has 1 aliphatic rings. The molecule has 1 aliphatic carbocycles. The van der Waals surface area contributed by atoms with Crippen LogP contribution < -0.4 is 10.6 Å². The molecule has 3 aromatic rings. The molecule has 0 spiro atoms. The van der Waals surface area contributed by atoms with E-state index in [1.54, 1.807) is 13.1 Å². The van der Waals surface area contributed by atoms with E-state index in [2.05, 4.69) is 35.7 Å². The van der Waals surface area contributed by atoms with Crippen molar-refractivity contribution in [1.82, 2.24) is 29.7 Å². The maximum atomic E-state index is 13.2. The second kappa shape index (κ2) is 9.53. The maximum Gasteiger partial charge on any atom is 0.390 e. The Morgan fingerprint density at radius 3 is 2.53 bits per heavy atom. The van der Waals surface area contributed by atoms with Gasteiger partial charge in [-0.05, 0) is 12.8 Å². The van der Waals surface area contributed by atoms with Crippen LogP contribution in [0, 0.1) is 0 Å². The summed E-state index contributed by atoms with van der Waals surface area (Å²) in [5.74, 6) is -0.775. The zero-order valence-corrected chi connectivity index (χ0v) is 18.1. The number of anilines is 3. The fourth-order valence-electron chi connectivity index (χ4n) is 3.25. The first-order valence-corrected chi connectivity index (χ1v) is 10.6. The van der Waals surface area contributed by atoms with E-state index in [4.69, 9.17) is 0 Å². The van der Waals surface area contributed by atoms with Gasteiger partial charge in [0.2, 0.25) is 0 Å². The van der Waals surface area contributed by atoms with Gasteiger partial charge in [0, 0.05) is 12.3 Å². The van der Waals surface area contributed by atoms with Crippen molar-refractivity contribution in [3.8, 4) is 0 Å².